The summed E-state index contributed by atoms with van der Waals surface area (Å²) in [4.78, 5) is 14.8. The number of halogens is 1. The maximum absolute atomic E-state index is 12.6. The Morgan fingerprint density at radius 2 is 1.94 bits per heavy atom. The Morgan fingerprint density at radius 1 is 1.22 bits per heavy atom. The summed E-state index contributed by atoms with van der Waals surface area (Å²) >= 11 is 6.02. The van der Waals surface area contributed by atoms with Crippen LogP contribution in [0.5, 0.6) is 0 Å². The zero-order valence-corrected chi connectivity index (χ0v) is 20.0. The molecule has 0 bridgehead atoms. The molecule has 7 nitrogen and oxygen atoms in total. The standard InChI is InChI=1S/C23H28ClN3O4S/c1-4-27(5-2)20-9-10-21(17(16-20)12-14-32(3,29)30)26-23(28)31-22(11-13-25)18-7-6-8-19(24)15-18/h6-10,15-16,22H,4-5,11-12,14H2,1-3H3,(H,26,28). The maximum atomic E-state index is 12.6. The van der Waals surface area contributed by atoms with Crippen LogP contribution in [0, 0.1) is 11.3 Å². The van der Waals surface area contributed by atoms with Crippen molar-refractivity contribution in [3.05, 3.63) is 58.6 Å². The molecule has 1 amide bonds. The van der Waals surface area contributed by atoms with Crippen LogP contribution in [0.3, 0.4) is 0 Å². The minimum Gasteiger partial charge on any atom is -0.440 e. The average molecular weight is 478 g/mol. The van der Waals surface area contributed by atoms with E-state index in [4.69, 9.17) is 21.6 Å². The molecule has 0 aliphatic carbocycles. The van der Waals surface area contributed by atoms with Gasteiger partial charge in [-0.25, -0.2) is 13.2 Å². The first-order chi connectivity index (χ1) is 15.2. The highest BCUT2D eigenvalue weighted by Gasteiger charge is 2.19. The predicted molar refractivity (Wildman–Crippen MR) is 128 cm³/mol. The normalized spacial score (nSPS) is 12.0. The van der Waals surface area contributed by atoms with Gasteiger partial charge in [0.2, 0.25) is 0 Å². The van der Waals surface area contributed by atoms with Crippen LogP contribution in [0.25, 0.3) is 0 Å². The number of nitrogens with zero attached hydrogens (tertiary/aromatic N) is 2. The lowest BCUT2D eigenvalue weighted by atomic mass is 10.1. The zero-order chi connectivity index (χ0) is 23.7. The lowest BCUT2D eigenvalue weighted by molar-refractivity contribution is 0.113. The molecule has 0 saturated carbocycles. The molecular formula is C23H28ClN3O4S. The van der Waals surface area contributed by atoms with E-state index in [-0.39, 0.29) is 18.6 Å². The van der Waals surface area contributed by atoms with Crippen LogP contribution in [0.15, 0.2) is 42.5 Å². The number of anilines is 2. The molecule has 0 radical (unpaired) electrons. The number of hydrogen-bond donors (Lipinski definition) is 1. The van der Waals surface area contributed by atoms with Crippen LogP contribution >= 0.6 is 11.6 Å². The first-order valence-electron chi connectivity index (χ1n) is 10.3. The first kappa shape index (κ1) is 25.5. The molecule has 2 aromatic rings. The number of sulfone groups is 1. The van der Waals surface area contributed by atoms with Gasteiger partial charge < -0.3 is 9.64 Å². The monoisotopic (exact) mass is 477 g/mol. The summed E-state index contributed by atoms with van der Waals surface area (Å²) in [7, 11) is -3.18. The molecule has 1 unspecified atom stereocenters. The van der Waals surface area contributed by atoms with Gasteiger partial charge in [0.1, 0.15) is 15.9 Å². The third kappa shape index (κ3) is 7.74. The number of aryl methyl sites for hydroxylation is 1. The molecule has 0 fully saturated rings. The number of carbonyl (C=O) groups excluding carboxylic acids is 1. The third-order valence-corrected chi connectivity index (χ3v) is 6.12. The number of hydrogen-bond acceptors (Lipinski definition) is 6. The van der Waals surface area contributed by atoms with Crippen molar-refractivity contribution in [2.45, 2.75) is 32.8 Å². The molecule has 1 N–H and O–H groups in total. The smallest absolute Gasteiger partial charge is 0.412 e. The summed E-state index contributed by atoms with van der Waals surface area (Å²) in [6.07, 6.45) is -0.121. The molecule has 172 valence electrons. The summed E-state index contributed by atoms with van der Waals surface area (Å²) in [5.74, 6) is -0.0436. The van der Waals surface area contributed by atoms with Gasteiger partial charge in [0.05, 0.1) is 18.2 Å². The summed E-state index contributed by atoms with van der Waals surface area (Å²) < 4.78 is 28.9. The number of carbonyl (C=O) groups is 1. The number of nitrogens with one attached hydrogen (secondary N) is 1. The summed E-state index contributed by atoms with van der Waals surface area (Å²) in [5.41, 5.74) is 2.72. The van der Waals surface area contributed by atoms with Crippen LogP contribution in [0.1, 0.15) is 37.5 Å². The van der Waals surface area contributed by atoms with Crippen LogP contribution in [0.2, 0.25) is 5.02 Å². The second-order valence-electron chi connectivity index (χ2n) is 7.33. The van der Waals surface area contributed by atoms with Gasteiger partial charge in [-0.3, -0.25) is 5.32 Å². The second kappa shape index (κ2) is 11.7. The van der Waals surface area contributed by atoms with Crippen molar-refractivity contribution < 1.29 is 17.9 Å². The molecule has 2 aromatic carbocycles. The van der Waals surface area contributed by atoms with E-state index in [9.17, 15) is 13.2 Å². The molecule has 0 spiro atoms. The van der Waals surface area contributed by atoms with Gasteiger partial charge in [-0.15, -0.1) is 0 Å². The van der Waals surface area contributed by atoms with E-state index in [1.54, 1.807) is 30.3 Å². The van der Waals surface area contributed by atoms with E-state index in [1.165, 1.54) is 6.26 Å². The molecule has 32 heavy (non-hydrogen) atoms. The lowest BCUT2D eigenvalue weighted by Crippen LogP contribution is -2.23. The highest BCUT2D eigenvalue weighted by atomic mass is 35.5. The van der Waals surface area contributed by atoms with Crippen molar-refractivity contribution in [3.63, 3.8) is 0 Å². The molecule has 0 aliphatic heterocycles. The SMILES string of the molecule is CCN(CC)c1ccc(NC(=O)OC(CC#N)c2cccc(Cl)c2)c(CCS(C)(=O)=O)c1. The summed E-state index contributed by atoms with van der Waals surface area (Å²) in [6, 6.07) is 14.3. The van der Waals surface area contributed by atoms with Gasteiger partial charge >= 0.3 is 6.09 Å². The quantitative estimate of drug-likeness (QED) is 0.518. The molecule has 0 saturated heterocycles. The van der Waals surface area contributed by atoms with Gasteiger partial charge in [-0.05, 0) is 61.7 Å². The van der Waals surface area contributed by atoms with Crippen molar-refractivity contribution in [2.75, 3.05) is 35.3 Å². The number of amides is 1. The second-order valence-corrected chi connectivity index (χ2v) is 10.0. The number of ether oxygens (including phenoxy) is 1. The Labute approximate surface area is 194 Å². The predicted octanol–water partition coefficient (Wildman–Crippen LogP) is 4.98. The van der Waals surface area contributed by atoms with E-state index in [0.717, 1.165) is 18.8 Å². The molecule has 1 atom stereocenters. The van der Waals surface area contributed by atoms with Gasteiger partial charge in [0.15, 0.2) is 0 Å². The van der Waals surface area contributed by atoms with Crippen molar-refractivity contribution in [1.82, 2.24) is 0 Å². The molecule has 9 heteroatoms. The fraction of sp³-hybridized carbons (Fsp3) is 0.391. The van der Waals surface area contributed by atoms with Crippen LogP contribution < -0.4 is 10.2 Å². The minimum absolute atomic E-state index is 0.0321. The summed E-state index contributed by atoms with van der Waals surface area (Å²) in [5, 5.41) is 12.3. The molecule has 0 heterocycles. The van der Waals surface area contributed by atoms with E-state index in [2.05, 4.69) is 10.2 Å². The fourth-order valence-corrected chi connectivity index (χ4v) is 4.07. The van der Waals surface area contributed by atoms with Crippen LogP contribution in [-0.4, -0.2) is 39.6 Å². The Hall–Kier alpha value is -2.76. The first-order valence-corrected chi connectivity index (χ1v) is 12.8. The van der Waals surface area contributed by atoms with E-state index >= 15 is 0 Å². The van der Waals surface area contributed by atoms with E-state index in [1.807, 2.05) is 32.0 Å². The largest absolute Gasteiger partial charge is 0.440 e. The van der Waals surface area contributed by atoms with Gasteiger partial charge in [-0.1, -0.05) is 23.7 Å². The lowest BCUT2D eigenvalue weighted by Gasteiger charge is -2.23. The van der Waals surface area contributed by atoms with E-state index < -0.39 is 22.0 Å². The van der Waals surface area contributed by atoms with Gasteiger partial charge in [0, 0.05) is 35.7 Å². The van der Waals surface area contributed by atoms with E-state index in [0.29, 0.717) is 21.8 Å². The molecule has 0 aliphatic rings. The van der Waals surface area contributed by atoms with Crippen LogP contribution in [0.4, 0.5) is 16.2 Å². The Balaban J connectivity index is 2.26. The van der Waals surface area contributed by atoms with Crippen molar-refractivity contribution in [2.24, 2.45) is 0 Å². The van der Waals surface area contributed by atoms with Crippen molar-refractivity contribution in [3.8, 4) is 6.07 Å². The third-order valence-electron chi connectivity index (χ3n) is 4.94. The highest BCUT2D eigenvalue weighted by molar-refractivity contribution is 7.90. The topological polar surface area (TPSA) is 99.5 Å². The van der Waals surface area contributed by atoms with Gasteiger partial charge in [-0.2, -0.15) is 5.26 Å². The van der Waals surface area contributed by atoms with Gasteiger partial charge in [0.25, 0.3) is 0 Å². The molecule has 2 rings (SSSR count). The number of benzene rings is 2. The Bertz CT molecular complexity index is 1080. The average Bonchev–Trinajstić information content (AvgIpc) is 2.73. The molecular weight excluding hydrogens is 450 g/mol. The Kier molecular flexibility index (Phi) is 9.36. The summed E-state index contributed by atoms with van der Waals surface area (Å²) in [6.45, 7) is 5.67. The zero-order valence-electron chi connectivity index (χ0n) is 18.5. The Morgan fingerprint density at radius 3 is 2.53 bits per heavy atom. The fourth-order valence-electron chi connectivity index (χ4n) is 3.28. The number of nitriles is 1. The van der Waals surface area contributed by atoms with Crippen LogP contribution in [-0.2, 0) is 21.0 Å². The van der Waals surface area contributed by atoms with Crippen molar-refractivity contribution in [1.29, 1.82) is 5.26 Å². The van der Waals surface area contributed by atoms with Crippen molar-refractivity contribution >= 4 is 38.9 Å². The number of rotatable bonds is 10. The minimum atomic E-state index is -3.18. The molecule has 0 aromatic heterocycles. The maximum Gasteiger partial charge on any atom is 0.412 e. The highest BCUT2D eigenvalue weighted by Crippen LogP contribution is 2.27.